The van der Waals surface area contributed by atoms with Gasteiger partial charge in [-0.3, -0.25) is 4.79 Å². The first-order valence-electron chi connectivity index (χ1n) is 7.65. The molecule has 0 spiro atoms. The molecule has 0 aromatic heterocycles. The van der Waals surface area contributed by atoms with Crippen molar-refractivity contribution in [1.82, 2.24) is 0 Å². The zero-order valence-electron chi connectivity index (χ0n) is 13.4. The monoisotopic (exact) mass is 327 g/mol. The maximum atomic E-state index is 12.1. The number of hydrogen-bond donors (Lipinski definition) is 1. The summed E-state index contributed by atoms with van der Waals surface area (Å²) in [5.41, 5.74) is 2.75. The molecule has 0 unspecified atom stereocenters. The van der Waals surface area contributed by atoms with Crippen LogP contribution < -0.4 is 24.3 Å². The fourth-order valence-electron chi connectivity index (χ4n) is 3.22. The number of rotatable bonds is 3. The Kier molecular flexibility index (Phi) is 3.45. The van der Waals surface area contributed by atoms with Crippen LogP contribution >= 0.6 is 0 Å². The van der Waals surface area contributed by atoms with Crippen LogP contribution in [0, 0.1) is 0 Å². The van der Waals surface area contributed by atoms with E-state index in [0.717, 1.165) is 16.8 Å². The average molecular weight is 327 g/mol. The van der Waals surface area contributed by atoms with E-state index in [2.05, 4.69) is 5.32 Å². The van der Waals surface area contributed by atoms with Crippen LogP contribution in [0.5, 0.6) is 23.0 Å². The van der Waals surface area contributed by atoms with Gasteiger partial charge in [0.2, 0.25) is 12.7 Å². The standard InChI is InChI=1S/C18H17NO5/c1-21-14-4-3-10(5-15(14)22-2)11-7-18(20)19-13-8-17-16(6-12(11)13)23-9-24-17/h3-6,8,11H,7,9H2,1-2H3,(H,19,20)/t11-/m0/s1. The zero-order chi connectivity index (χ0) is 16.7. The molecule has 124 valence electrons. The predicted molar refractivity (Wildman–Crippen MR) is 87.2 cm³/mol. The summed E-state index contributed by atoms with van der Waals surface area (Å²) in [6, 6.07) is 9.49. The van der Waals surface area contributed by atoms with Gasteiger partial charge in [0.25, 0.3) is 0 Å². The fraction of sp³-hybridized carbons (Fsp3) is 0.278. The second kappa shape index (κ2) is 5.63. The Bertz CT molecular complexity index is 817. The van der Waals surface area contributed by atoms with Crippen LogP contribution in [-0.4, -0.2) is 26.9 Å². The summed E-state index contributed by atoms with van der Waals surface area (Å²) < 4.78 is 21.5. The van der Waals surface area contributed by atoms with E-state index in [4.69, 9.17) is 18.9 Å². The Labute approximate surface area is 139 Å². The molecular formula is C18H17NO5. The molecule has 6 nitrogen and oxygen atoms in total. The Hall–Kier alpha value is -2.89. The lowest BCUT2D eigenvalue weighted by atomic mass is 9.84. The summed E-state index contributed by atoms with van der Waals surface area (Å²) in [7, 11) is 3.20. The molecule has 2 aliphatic heterocycles. The van der Waals surface area contributed by atoms with Gasteiger partial charge in [-0.15, -0.1) is 0 Å². The topological polar surface area (TPSA) is 66.0 Å². The molecule has 0 bridgehead atoms. The van der Waals surface area contributed by atoms with Crippen molar-refractivity contribution in [2.45, 2.75) is 12.3 Å². The van der Waals surface area contributed by atoms with Crippen LogP contribution in [0.2, 0.25) is 0 Å². The second-order valence-electron chi connectivity index (χ2n) is 5.71. The van der Waals surface area contributed by atoms with Crippen LogP contribution in [0.25, 0.3) is 0 Å². The first kappa shape index (κ1) is 14.7. The highest BCUT2D eigenvalue weighted by atomic mass is 16.7. The van der Waals surface area contributed by atoms with E-state index in [0.29, 0.717) is 29.4 Å². The molecule has 6 heteroatoms. The van der Waals surface area contributed by atoms with Gasteiger partial charge in [0.15, 0.2) is 23.0 Å². The summed E-state index contributed by atoms with van der Waals surface area (Å²) in [4.78, 5) is 12.1. The number of hydrogen-bond acceptors (Lipinski definition) is 5. The molecule has 24 heavy (non-hydrogen) atoms. The van der Waals surface area contributed by atoms with Crippen LogP contribution in [0.3, 0.4) is 0 Å². The number of carbonyl (C=O) groups is 1. The number of ether oxygens (including phenoxy) is 4. The normalized spacial score (nSPS) is 17.9. The number of carbonyl (C=O) groups excluding carboxylic acids is 1. The molecule has 1 amide bonds. The lowest BCUT2D eigenvalue weighted by Gasteiger charge is -2.26. The Morgan fingerprint density at radius 3 is 2.54 bits per heavy atom. The molecule has 1 atom stereocenters. The van der Waals surface area contributed by atoms with Crippen LogP contribution in [-0.2, 0) is 4.79 Å². The molecule has 2 aromatic rings. The van der Waals surface area contributed by atoms with Crippen molar-refractivity contribution in [3.63, 3.8) is 0 Å². The third-order valence-electron chi connectivity index (χ3n) is 4.39. The molecule has 1 N–H and O–H groups in total. The lowest BCUT2D eigenvalue weighted by molar-refractivity contribution is -0.116. The van der Waals surface area contributed by atoms with Crippen molar-refractivity contribution in [3.8, 4) is 23.0 Å². The average Bonchev–Trinajstić information content (AvgIpc) is 3.05. The summed E-state index contributed by atoms with van der Waals surface area (Å²) in [6.45, 7) is 0.202. The predicted octanol–water partition coefficient (Wildman–Crippen LogP) is 2.91. The van der Waals surface area contributed by atoms with Crippen LogP contribution in [0.1, 0.15) is 23.5 Å². The van der Waals surface area contributed by atoms with Gasteiger partial charge in [0, 0.05) is 24.1 Å². The molecule has 2 heterocycles. The first-order valence-corrected chi connectivity index (χ1v) is 7.65. The summed E-state index contributed by atoms with van der Waals surface area (Å²) in [5, 5.41) is 2.91. The van der Waals surface area contributed by atoms with Gasteiger partial charge in [0.1, 0.15) is 0 Å². The van der Waals surface area contributed by atoms with Crippen molar-refractivity contribution in [2.75, 3.05) is 26.3 Å². The van der Waals surface area contributed by atoms with Gasteiger partial charge < -0.3 is 24.3 Å². The molecule has 0 saturated heterocycles. The number of methoxy groups -OCH3 is 2. The van der Waals surface area contributed by atoms with Gasteiger partial charge >= 0.3 is 0 Å². The van der Waals surface area contributed by atoms with E-state index in [1.54, 1.807) is 14.2 Å². The fourth-order valence-corrected chi connectivity index (χ4v) is 3.22. The van der Waals surface area contributed by atoms with Gasteiger partial charge in [-0.2, -0.15) is 0 Å². The van der Waals surface area contributed by atoms with Gasteiger partial charge in [0.05, 0.1) is 14.2 Å². The highest BCUT2D eigenvalue weighted by Crippen LogP contribution is 2.45. The van der Waals surface area contributed by atoms with Crippen molar-refractivity contribution in [3.05, 3.63) is 41.5 Å². The molecule has 0 fully saturated rings. The van der Waals surface area contributed by atoms with E-state index < -0.39 is 0 Å². The van der Waals surface area contributed by atoms with Crippen molar-refractivity contribution in [2.24, 2.45) is 0 Å². The number of fused-ring (bicyclic) bond motifs is 2. The van der Waals surface area contributed by atoms with Crippen molar-refractivity contribution < 1.29 is 23.7 Å². The minimum absolute atomic E-state index is 0.0267. The lowest BCUT2D eigenvalue weighted by Crippen LogP contribution is -2.23. The maximum Gasteiger partial charge on any atom is 0.231 e. The van der Waals surface area contributed by atoms with Crippen LogP contribution in [0.4, 0.5) is 5.69 Å². The van der Waals surface area contributed by atoms with E-state index >= 15 is 0 Å². The smallest absolute Gasteiger partial charge is 0.231 e. The summed E-state index contributed by atoms with van der Waals surface area (Å²) in [6.07, 6.45) is 0.363. The highest BCUT2D eigenvalue weighted by molar-refractivity contribution is 5.96. The quantitative estimate of drug-likeness (QED) is 0.939. The highest BCUT2D eigenvalue weighted by Gasteiger charge is 2.30. The minimum Gasteiger partial charge on any atom is -0.493 e. The Morgan fingerprint density at radius 2 is 1.79 bits per heavy atom. The largest absolute Gasteiger partial charge is 0.493 e. The summed E-state index contributed by atoms with van der Waals surface area (Å²) in [5.74, 6) is 2.55. The van der Waals surface area contributed by atoms with Gasteiger partial charge in [-0.25, -0.2) is 0 Å². The number of nitrogens with one attached hydrogen (secondary N) is 1. The van der Waals surface area contributed by atoms with Crippen molar-refractivity contribution >= 4 is 11.6 Å². The Morgan fingerprint density at radius 1 is 1.04 bits per heavy atom. The second-order valence-corrected chi connectivity index (χ2v) is 5.71. The van der Waals surface area contributed by atoms with Crippen molar-refractivity contribution in [1.29, 1.82) is 0 Å². The summed E-state index contributed by atoms with van der Waals surface area (Å²) >= 11 is 0. The molecule has 2 aliphatic rings. The SMILES string of the molecule is COc1ccc([C@@H]2CC(=O)Nc3cc4c(cc32)OCO4)cc1OC. The number of anilines is 1. The van der Waals surface area contributed by atoms with E-state index in [1.165, 1.54) is 0 Å². The first-order chi connectivity index (χ1) is 11.7. The number of amides is 1. The van der Waals surface area contributed by atoms with Gasteiger partial charge in [-0.05, 0) is 29.3 Å². The minimum atomic E-state index is -0.0805. The third kappa shape index (κ3) is 2.31. The molecule has 0 aliphatic carbocycles. The maximum absolute atomic E-state index is 12.1. The zero-order valence-corrected chi connectivity index (χ0v) is 13.4. The third-order valence-corrected chi connectivity index (χ3v) is 4.39. The molecule has 2 aromatic carbocycles. The molecule has 0 saturated carbocycles. The number of benzene rings is 2. The van der Waals surface area contributed by atoms with E-state index in [-0.39, 0.29) is 18.6 Å². The van der Waals surface area contributed by atoms with Gasteiger partial charge in [-0.1, -0.05) is 6.07 Å². The molecule has 4 rings (SSSR count). The van der Waals surface area contributed by atoms with E-state index in [1.807, 2.05) is 30.3 Å². The van der Waals surface area contributed by atoms with Crippen LogP contribution in [0.15, 0.2) is 30.3 Å². The molecular weight excluding hydrogens is 310 g/mol. The molecule has 0 radical (unpaired) electrons. The Balaban J connectivity index is 1.81. The van der Waals surface area contributed by atoms with E-state index in [9.17, 15) is 4.79 Å².